The molecular formula is C20H31IN4O2. The van der Waals surface area contributed by atoms with Crippen molar-refractivity contribution in [3.05, 3.63) is 52.9 Å². The van der Waals surface area contributed by atoms with Crippen LogP contribution in [0.2, 0.25) is 0 Å². The summed E-state index contributed by atoms with van der Waals surface area (Å²) >= 11 is 0. The molecule has 0 saturated heterocycles. The van der Waals surface area contributed by atoms with Gasteiger partial charge in [0.25, 0.3) is 0 Å². The number of rotatable bonds is 9. The molecule has 0 aliphatic heterocycles. The second kappa shape index (κ2) is 12.7. The lowest BCUT2D eigenvalue weighted by Crippen LogP contribution is -2.38. The third-order valence-corrected chi connectivity index (χ3v) is 4.38. The Bertz CT molecular complexity index is 669. The van der Waals surface area contributed by atoms with Crippen LogP contribution in [0, 0.1) is 13.8 Å². The topological polar surface area (TPSA) is 82.7 Å². The van der Waals surface area contributed by atoms with Crippen LogP contribution in [0.15, 0.2) is 39.8 Å². The Hall–Kier alpha value is -1.61. The Kier molecular flexibility index (Phi) is 11.0. The van der Waals surface area contributed by atoms with Gasteiger partial charge in [-0.25, -0.2) is 0 Å². The van der Waals surface area contributed by atoms with Gasteiger partial charge in [0.1, 0.15) is 5.76 Å². The van der Waals surface area contributed by atoms with E-state index in [0.717, 1.165) is 48.9 Å². The van der Waals surface area contributed by atoms with E-state index in [1.807, 2.05) is 51.1 Å². The highest BCUT2D eigenvalue weighted by Crippen LogP contribution is 2.15. The fourth-order valence-electron chi connectivity index (χ4n) is 2.87. The largest absolute Gasteiger partial charge is 0.396 e. The molecule has 0 spiro atoms. The van der Waals surface area contributed by atoms with Crippen LogP contribution in [0.4, 0.5) is 0 Å². The number of nitrogens with zero attached hydrogens (tertiary/aromatic N) is 2. The fourth-order valence-corrected chi connectivity index (χ4v) is 2.87. The van der Waals surface area contributed by atoms with Crippen molar-refractivity contribution in [2.45, 2.75) is 39.5 Å². The smallest absolute Gasteiger partial charge is 0.191 e. The average Bonchev–Trinajstić information content (AvgIpc) is 2.98. The lowest BCUT2D eigenvalue weighted by Gasteiger charge is -2.15. The summed E-state index contributed by atoms with van der Waals surface area (Å²) in [5.41, 5.74) is 3.27. The molecule has 0 radical (unpaired) electrons. The molecule has 0 saturated carbocycles. The number of aromatic nitrogens is 1. The maximum atomic E-state index is 9.67. The molecule has 0 amide bonds. The highest BCUT2D eigenvalue weighted by Gasteiger charge is 2.10. The second-order valence-corrected chi connectivity index (χ2v) is 6.34. The summed E-state index contributed by atoms with van der Waals surface area (Å²) in [5, 5.41) is 20.3. The van der Waals surface area contributed by atoms with E-state index >= 15 is 0 Å². The van der Waals surface area contributed by atoms with Crippen LogP contribution < -0.4 is 10.6 Å². The SMILES string of the molecule is CCNC(=NCC(CO)c1ccccc1)NCCCc1c(C)noc1C.I. The number of aliphatic hydroxyl groups is 1. The zero-order valence-corrected chi connectivity index (χ0v) is 18.7. The van der Waals surface area contributed by atoms with Crippen molar-refractivity contribution in [1.82, 2.24) is 15.8 Å². The van der Waals surface area contributed by atoms with Gasteiger partial charge in [0.15, 0.2) is 5.96 Å². The summed E-state index contributed by atoms with van der Waals surface area (Å²) < 4.78 is 5.20. The highest BCUT2D eigenvalue weighted by atomic mass is 127. The van der Waals surface area contributed by atoms with Crippen molar-refractivity contribution in [2.24, 2.45) is 4.99 Å². The second-order valence-electron chi connectivity index (χ2n) is 6.34. The minimum atomic E-state index is 0. The number of guanidine groups is 1. The normalized spacial score (nSPS) is 12.4. The van der Waals surface area contributed by atoms with Crippen LogP contribution >= 0.6 is 24.0 Å². The third kappa shape index (κ3) is 7.50. The molecule has 0 aliphatic carbocycles. The van der Waals surface area contributed by atoms with E-state index in [2.05, 4.69) is 20.8 Å². The van der Waals surface area contributed by atoms with Gasteiger partial charge in [-0.05, 0) is 39.2 Å². The number of halogens is 1. The predicted molar refractivity (Wildman–Crippen MR) is 120 cm³/mol. The van der Waals surface area contributed by atoms with E-state index in [9.17, 15) is 5.11 Å². The zero-order valence-electron chi connectivity index (χ0n) is 16.4. The Labute approximate surface area is 178 Å². The average molecular weight is 486 g/mol. The van der Waals surface area contributed by atoms with E-state index < -0.39 is 0 Å². The number of hydrogen-bond donors (Lipinski definition) is 3. The zero-order chi connectivity index (χ0) is 18.8. The van der Waals surface area contributed by atoms with Crippen LogP contribution in [-0.4, -0.2) is 42.5 Å². The number of aryl methyl sites for hydroxylation is 2. The summed E-state index contributed by atoms with van der Waals surface area (Å²) in [7, 11) is 0. The Morgan fingerprint density at radius 2 is 1.96 bits per heavy atom. The molecule has 3 N–H and O–H groups in total. The van der Waals surface area contributed by atoms with Crippen molar-refractivity contribution in [3.63, 3.8) is 0 Å². The molecule has 2 aromatic rings. The number of hydrogen-bond acceptors (Lipinski definition) is 4. The van der Waals surface area contributed by atoms with Crippen molar-refractivity contribution in [2.75, 3.05) is 26.2 Å². The van der Waals surface area contributed by atoms with Crippen molar-refractivity contribution < 1.29 is 9.63 Å². The summed E-state index contributed by atoms with van der Waals surface area (Å²) in [6.07, 6.45) is 1.90. The maximum absolute atomic E-state index is 9.67. The van der Waals surface area contributed by atoms with Crippen molar-refractivity contribution in [1.29, 1.82) is 0 Å². The molecule has 0 fully saturated rings. The summed E-state index contributed by atoms with van der Waals surface area (Å²) in [4.78, 5) is 4.63. The highest BCUT2D eigenvalue weighted by molar-refractivity contribution is 14.0. The molecule has 1 heterocycles. The van der Waals surface area contributed by atoms with E-state index in [4.69, 9.17) is 4.52 Å². The monoisotopic (exact) mass is 486 g/mol. The molecule has 0 aliphatic rings. The standard InChI is InChI=1S/C20H30N4O2.HI/c1-4-21-20(22-12-8-11-19-15(2)24-26-16(19)3)23-13-18(14-25)17-9-6-5-7-10-17;/h5-7,9-10,18,25H,4,8,11-14H2,1-3H3,(H2,21,22,23);1H. The summed E-state index contributed by atoms with van der Waals surface area (Å²) in [6.45, 7) is 8.20. The van der Waals surface area contributed by atoms with Gasteiger partial charge >= 0.3 is 0 Å². The van der Waals surface area contributed by atoms with Gasteiger partial charge in [-0.3, -0.25) is 4.99 Å². The van der Waals surface area contributed by atoms with Gasteiger partial charge in [0, 0.05) is 24.6 Å². The van der Waals surface area contributed by atoms with E-state index in [0.29, 0.717) is 6.54 Å². The molecule has 2 rings (SSSR count). The molecule has 0 bridgehead atoms. The fraction of sp³-hybridized carbons (Fsp3) is 0.500. The summed E-state index contributed by atoms with van der Waals surface area (Å²) in [5.74, 6) is 1.69. The summed E-state index contributed by atoms with van der Waals surface area (Å²) in [6, 6.07) is 10.0. The molecule has 1 unspecified atom stereocenters. The van der Waals surface area contributed by atoms with Crippen LogP contribution in [0.25, 0.3) is 0 Å². The van der Waals surface area contributed by atoms with Crippen LogP contribution in [-0.2, 0) is 6.42 Å². The molecule has 1 aromatic heterocycles. The molecule has 7 heteroatoms. The first-order chi connectivity index (χ1) is 12.7. The Morgan fingerprint density at radius 3 is 2.56 bits per heavy atom. The lowest BCUT2D eigenvalue weighted by molar-refractivity contribution is 0.268. The quantitative estimate of drug-likeness (QED) is 0.220. The first-order valence-corrected chi connectivity index (χ1v) is 9.25. The van der Waals surface area contributed by atoms with Gasteiger partial charge in [-0.15, -0.1) is 24.0 Å². The maximum Gasteiger partial charge on any atom is 0.191 e. The van der Waals surface area contributed by atoms with Gasteiger partial charge in [0.05, 0.1) is 18.8 Å². The van der Waals surface area contributed by atoms with Crippen LogP contribution in [0.5, 0.6) is 0 Å². The first kappa shape index (κ1) is 23.4. The Balaban J connectivity index is 0.00000364. The van der Waals surface area contributed by atoms with E-state index in [1.54, 1.807) is 0 Å². The van der Waals surface area contributed by atoms with E-state index in [1.165, 1.54) is 5.56 Å². The van der Waals surface area contributed by atoms with Gasteiger partial charge in [-0.1, -0.05) is 35.5 Å². The molecule has 1 aromatic carbocycles. The Morgan fingerprint density at radius 1 is 1.22 bits per heavy atom. The third-order valence-electron chi connectivity index (χ3n) is 4.38. The van der Waals surface area contributed by atoms with Crippen LogP contribution in [0.3, 0.4) is 0 Å². The van der Waals surface area contributed by atoms with Crippen molar-refractivity contribution in [3.8, 4) is 0 Å². The molecule has 150 valence electrons. The number of nitrogens with one attached hydrogen (secondary N) is 2. The number of aliphatic imine (C=N–C) groups is 1. The number of benzene rings is 1. The van der Waals surface area contributed by atoms with Gasteiger partial charge in [0.2, 0.25) is 0 Å². The van der Waals surface area contributed by atoms with Crippen LogP contribution in [0.1, 0.15) is 41.8 Å². The minimum absolute atomic E-state index is 0. The number of aliphatic hydroxyl groups excluding tert-OH is 1. The van der Waals surface area contributed by atoms with E-state index in [-0.39, 0.29) is 36.5 Å². The predicted octanol–water partition coefficient (Wildman–Crippen LogP) is 3.17. The molecular weight excluding hydrogens is 455 g/mol. The minimum Gasteiger partial charge on any atom is -0.396 e. The van der Waals surface area contributed by atoms with Gasteiger partial charge in [-0.2, -0.15) is 0 Å². The molecule has 1 atom stereocenters. The van der Waals surface area contributed by atoms with Crippen molar-refractivity contribution >= 4 is 29.9 Å². The lowest BCUT2D eigenvalue weighted by atomic mass is 10.0. The first-order valence-electron chi connectivity index (χ1n) is 9.25. The van der Waals surface area contributed by atoms with Gasteiger partial charge < -0.3 is 20.3 Å². The molecule has 6 nitrogen and oxygen atoms in total. The molecule has 27 heavy (non-hydrogen) atoms.